The normalized spacial score (nSPS) is 18.0. The quantitative estimate of drug-likeness (QED) is 0.895. The number of rotatable bonds is 4. The summed E-state index contributed by atoms with van der Waals surface area (Å²) in [5.41, 5.74) is 0.961. The number of carbonyl (C=O) groups excluding carboxylic acids is 1. The van der Waals surface area contributed by atoms with Crippen molar-refractivity contribution in [3.05, 3.63) is 71.8 Å². The summed E-state index contributed by atoms with van der Waals surface area (Å²) in [6, 6.07) is 19.6. The molecule has 0 radical (unpaired) electrons. The summed E-state index contributed by atoms with van der Waals surface area (Å²) in [6.45, 7) is 1.78. The van der Waals surface area contributed by atoms with Crippen LogP contribution in [0.5, 0.6) is 0 Å². The van der Waals surface area contributed by atoms with E-state index in [4.69, 9.17) is 0 Å². The highest BCUT2D eigenvalue weighted by atomic mass is 16.3. The van der Waals surface area contributed by atoms with Crippen LogP contribution < -0.4 is 5.32 Å². The van der Waals surface area contributed by atoms with Crippen LogP contribution in [0.3, 0.4) is 0 Å². The molecule has 3 rings (SSSR count). The zero-order valence-electron chi connectivity index (χ0n) is 12.4. The summed E-state index contributed by atoms with van der Waals surface area (Å²) in [5.74, 6) is -0.0374. The lowest BCUT2D eigenvalue weighted by Crippen LogP contribution is -2.63. The molecule has 114 valence electrons. The lowest BCUT2D eigenvalue weighted by molar-refractivity contribution is -0.135. The fourth-order valence-corrected chi connectivity index (χ4v) is 3.30. The molecule has 0 atom stereocenters. The van der Waals surface area contributed by atoms with Gasteiger partial charge < -0.3 is 10.4 Å². The van der Waals surface area contributed by atoms with Crippen molar-refractivity contribution in [2.45, 2.75) is 5.54 Å². The Morgan fingerprint density at radius 2 is 1.55 bits per heavy atom. The molecule has 1 aliphatic rings. The SMILES string of the molecule is O=C1NCCN(CCO)C1(c1ccccc1)c1ccccc1. The van der Waals surface area contributed by atoms with E-state index in [1.165, 1.54) is 0 Å². The highest BCUT2D eigenvalue weighted by Crippen LogP contribution is 2.37. The fraction of sp³-hybridized carbons (Fsp3) is 0.278. The van der Waals surface area contributed by atoms with Gasteiger partial charge in [-0.15, -0.1) is 0 Å². The van der Waals surface area contributed by atoms with Crippen molar-refractivity contribution in [2.75, 3.05) is 26.2 Å². The zero-order valence-corrected chi connectivity index (χ0v) is 12.4. The Morgan fingerprint density at radius 1 is 1.00 bits per heavy atom. The lowest BCUT2D eigenvalue weighted by Gasteiger charge is -2.46. The maximum absolute atomic E-state index is 13.0. The van der Waals surface area contributed by atoms with Crippen molar-refractivity contribution in [1.82, 2.24) is 10.2 Å². The van der Waals surface area contributed by atoms with Crippen LogP contribution in [0.25, 0.3) is 0 Å². The standard InChI is InChI=1S/C18H20N2O2/c21-14-13-20-12-11-19-17(22)18(20,15-7-3-1-4-8-15)16-9-5-2-6-10-16/h1-10,21H,11-14H2,(H,19,22). The van der Waals surface area contributed by atoms with Gasteiger partial charge in [0.15, 0.2) is 5.54 Å². The zero-order chi connectivity index (χ0) is 15.4. The molecule has 0 unspecified atom stereocenters. The topological polar surface area (TPSA) is 52.6 Å². The number of aliphatic hydroxyl groups excluding tert-OH is 1. The summed E-state index contributed by atoms with van der Waals surface area (Å²) >= 11 is 0. The summed E-state index contributed by atoms with van der Waals surface area (Å²) in [6.07, 6.45) is 0. The summed E-state index contributed by atoms with van der Waals surface area (Å²) in [7, 11) is 0. The number of amides is 1. The van der Waals surface area contributed by atoms with Crippen molar-refractivity contribution in [2.24, 2.45) is 0 Å². The number of hydrogen-bond donors (Lipinski definition) is 2. The average molecular weight is 296 g/mol. The predicted octanol–water partition coefficient (Wildman–Crippen LogP) is 1.35. The van der Waals surface area contributed by atoms with Crippen molar-refractivity contribution in [1.29, 1.82) is 0 Å². The molecule has 4 nitrogen and oxygen atoms in total. The van der Waals surface area contributed by atoms with Gasteiger partial charge in [0.25, 0.3) is 0 Å². The van der Waals surface area contributed by atoms with Crippen LogP contribution in [-0.4, -0.2) is 42.2 Å². The monoisotopic (exact) mass is 296 g/mol. The van der Waals surface area contributed by atoms with Crippen molar-refractivity contribution >= 4 is 5.91 Å². The Morgan fingerprint density at radius 3 is 2.05 bits per heavy atom. The fourth-order valence-electron chi connectivity index (χ4n) is 3.30. The smallest absolute Gasteiger partial charge is 0.249 e. The Bertz CT molecular complexity index is 587. The number of nitrogens with one attached hydrogen (secondary N) is 1. The van der Waals surface area contributed by atoms with E-state index in [1.54, 1.807) is 0 Å². The Kier molecular flexibility index (Phi) is 4.22. The molecule has 0 aromatic heterocycles. The number of hydrogen-bond acceptors (Lipinski definition) is 3. The molecule has 1 amide bonds. The lowest BCUT2D eigenvalue weighted by atomic mass is 9.79. The second kappa shape index (κ2) is 6.30. The van der Waals surface area contributed by atoms with Gasteiger partial charge in [0.1, 0.15) is 0 Å². The Labute approximate surface area is 130 Å². The van der Waals surface area contributed by atoms with E-state index in [1.807, 2.05) is 60.7 Å². The van der Waals surface area contributed by atoms with Gasteiger partial charge in [0.05, 0.1) is 6.61 Å². The Balaban J connectivity index is 2.23. The van der Waals surface area contributed by atoms with Gasteiger partial charge in [0, 0.05) is 19.6 Å². The molecule has 1 aliphatic heterocycles. The largest absolute Gasteiger partial charge is 0.395 e. The van der Waals surface area contributed by atoms with Crippen molar-refractivity contribution in [3.63, 3.8) is 0 Å². The summed E-state index contributed by atoms with van der Waals surface area (Å²) in [5, 5.41) is 12.5. The van der Waals surface area contributed by atoms with Crippen molar-refractivity contribution < 1.29 is 9.90 Å². The minimum absolute atomic E-state index is 0.0225. The molecule has 4 heteroatoms. The first-order valence-corrected chi connectivity index (χ1v) is 7.55. The molecule has 1 fully saturated rings. The number of aliphatic hydroxyl groups is 1. The number of carbonyl (C=O) groups is 1. The maximum Gasteiger partial charge on any atom is 0.249 e. The Hall–Kier alpha value is -2.17. The van der Waals surface area contributed by atoms with E-state index in [2.05, 4.69) is 10.2 Å². The van der Waals surface area contributed by atoms with Gasteiger partial charge in [0.2, 0.25) is 5.91 Å². The molecular weight excluding hydrogens is 276 g/mol. The van der Waals surface area contributed by atoms with E-state index in [9.17, 15) is 9.90 Å². The van der Waals surface area contributed by atoms with Crippen molar-refractivity contribution in [3.8, 4) is 0 Å². The third-order valence-corrected chi connectivity index (χ3v) is 4.22. The van der Waals surface area contributed by atoms with Gasteiger partial charge in [-0.05, 0) is 11.1 Å². The minimum Gasteiger partial charge on any atom is -0.395 e. The molecular formula is C18H20N2O2. The number of piperazine rings is 1. The molecule has 2 aromatic rings. The van der Waals surface area contributed by atoms with Gasteiger partial charge in [-0.2, -0.15) is 0 Å². The van der Waals surface area contributed by atoms with E-state index >= 15 is 0 Å². The van der Waals surface area contributed by atoms with Crippen LogP contribution >= 0.6 is 0 Å². The predicted molar refractivity (Wildman–Crippen MR) is 85.3 cm³/mol. The molecule has 1 heterocycles. The highest BCUT2D eigenvalue weighted by molar-refractivity contribution is 5.92. The third kappa shape index (κ3) is 2.30. The molecule has 0 bridgehead atoms. The second-order valence-corrected chi connectivity index (χ2v) is 5.41. The molecule has 1 saturated heterocycles. The first-order valence-electron chi connectivity index (χ1n) is 7.55. The molecule has 2 aromatic carbocycles. The van der Waals surface area contributed by atoms with E-state index in [-0.39, 0.29) is 12.5 Å². The third-order valence-electron chi connectivity index (χ3n) is 4.22. The van der Waals surface area contributed by atoms with Crippen LogP contribution in [-0.2, 0) is 10.3 Å². The number of benzene rings is 2. The van der Waals surface area contributed by atoms with Crippen LogP contribution in [0, 0.1) is 0 Å². The molecule has 22 heavy (non-hydrogen) atoms. The highest BCUT2D eigenvalue weighted by Gasteiger charge is 2.48. The van der Waals surface area contributed by atoms with Gasteiger partial charge in [-0.1, -0.05) is 60.7 Å². The van der Waals surface area contributed by atoms with E-state index in [0.717, 1.165) is 11.1 Å². The van der Waals surface area contributed by atoms with Gasteiger partial charge in [-0.25, -0.2) is 0 Å². The van der Waals surface area contributed by atoms with Crippen LogP contribution in [0.1, 0.15) is 11.1 Å². The first-order chi connectivity index (χ1) is 10.8. The van der Waals surface area contributed by atoms with Gasteiger partial charge >= 0.3 is 0 Å². The average Bonchev–Trinajstić information content (AvgIpc) is 2.57. The van der Waals surface area contributed by atoms with Gasteiger partial charge in [-0.3, -0.25) is 9.69 Å². The minimum atomic E-state index is -0.885. The molecule has 0 spiro atoms. The van der Waals surface area contributed by atoms with E-state index in [0.29, 0.717) is 19.6 Å². The summed E-state index contributed by atoms with van der Waals surface area (Å²) < 4.78 is 0. The van der Waals surface area contributed by atoms with E-state index < -0.39 is 5.54 Å². The summed E-state index contributed by atoms with van der Waals surface area (Å²) in [4.78, 5) is 15.0. The van der Waals surface area contributed by atoms with Crippen LogP contribution in [0.4, 0.5) is 0 Å². The number of nitrogens with zero attached hydrogens (tertiary/aromatic N) is 1. The second-order valence-electron chi connectivity index (χ2n) is 5.41. The van der Waals surface area contributed by atoms with Crippen LogP contribution in [0.15, 0.2) is 60.7 Å². The molecule has 0 saturated carbocycles. The molecule has 2 N–H and O–H groups in total. The first kappa shape index (κ1) is 14.8. The number of β-amino-alcohol motifs (C(OH)–C–C–N with tert-alkyl or cyclic N) is 1. The maximum atomic E-state index is 13.0. The molecule has 0 aliphatic carbocycles. The van der Waals surface area contributed by atoms with Crippen LogP contribution in [0.2, 0.25) is 0 Å².